The Balaban J connectivity index is 1.71. The van der Waals surface area contributed by atoms with Crippen molar-refractivity contribution in [2.45, 2.75) is 65.3 Å². The number of aryl methyl sites for hydroxylation is 3. The fourth-order valence-electron chi connectivity index (χ4n) is 4.42. The van der Waals surface area contributed by atoms with Crippen molar-refractivity contribution in [3.8, 4) is 0 Å². The fourth-order valence-corrected chi connectivity index (χ4v) is 4.42. The highest BCUT2D eigenvalue weighted by molar-refractivity contribution is 5.97. The Morgan fingerprint density at radius 1 is 1.13 bits per heavy atom. The number of furan rings is 1. The van der Waals surface area contributed by atoms with E-state index in [-0.39, 0.29) is 17.9 Å². The number of fused-ring (bicyclic) bond motifs is 4. The van der Waals surface area contributed by atoms with Gasteiger partial charge in [0, 0.05) is 28.8 Å². The van der Waals surface area contributed by atoms with Gasteiger partial charge >= 0.3 is 11.6 Å². The minimum atomic E-state index is -1.09. The van der Waals surface area contributed by atoms with Crippen molar-refractivity contribution < 1.29 is 23.5 Å². The zero-order chi connectivity index (χ0) is 22.3. The first kappa shape index (κ1) is 21.2. The van der Waals surface area contributed by atoms with Crippen LogP contribution in [0.3, 0.4) is 0 Å². The molecule has 1 aromatic carbocycles. The van der Waals surface area contributed by atoms with Crippen molar-refractivity contribution in [2.24, 2.45) is 5.92 Å². The molecule has 1 aliphatic carbocycles. The summed E-state index contributed by atoms with van der Waals surface area (Å²) in [6.07, 6.45) is 4.48. The maximum atomic E-state index is 12.6. The summed E-state index contributed by atoms with van der Waals surface area (Å²) in [5.74, 6) is -0.821. The number of hydrogen-bond acceptors (Lipinski definition) is 5. The minimum absolute atomic E-state index is 0.226. The van der Waals surface area contributed by atoms with Crippen molar-refractivity contribution in [3.05, 3.63) is 45.0 Å². The van der Waals surface area contributed by atoms with Crippen LogP contribution in [0.25, 0.3) is 21.9 Å². The molecule has 2 atom stereocenters. The third-order valence-electron chi connectivity index (χ3n) is 6.50. The van der Waals surface area contributed by atoms with Crippen LogP contribution in [0.15, 0.2) is 25.8 Å². The molecular formula is C24H27NO6. The molecule has 2 heterocycles. The second-order valence-corrected chi connectivity index (χ2v) is 8.49. The summed E-state index contributed by atoms with van der Waals surface area (Å²) in [4.78, 5) is 36.7. The van der Waals surface area contributed by atoms with Gasteiger partial charge < -0.3 is 19.3 Å². The summed E-state index contributed by atoms with van der Waals surface area (Å²) in [5.41, 5.74) is 2.68. The first-order valence-electron chi connectivity index (χ1n) is 10.8. The van der Waals surface area contributed by atoms with E-state index in [9.17, 15) is 19.5 Å². The number of carbonyl (C=O) groups excluding carboxylic acids is 1. The molecule has 0 radical (unpaired) electrons. The Kier molecular flexibility index (Phi) is 5.60. The standard InChI is InChI=1S/C24H27NO6/c1-4-12(2)22(23(27)28)25-21(26)10-16-13(3)15-9-17-14-7-5-6-8-18(14)30-20(17)11-19(15)31-24(16)29/h9,11-12,22H,4-8,10H2,1-3H3,(H,25,26)(H,27,28)/t12-,22-/m1/s1. The Labute approximate surface area is 179 Å². The van der Waals surface area contributed by atoms with Gasteiger partial charge in [0.15, 0.2) is 0 Å². The van der Waals surface area contributed by atoms with Crippen molar-refractivity contribution in [1.29, 1.82) is 0 Å². The van der Waals surface area contributed by atoms with Crippen molar-refractivity contribution in [3.63, 3.8) is 0 Å². The maximum Gasteiger partial charge on any atom is 0.340 e. The molecule has 0 unspecified atom stereocenters. The number of carboxylic acids is 1. The normalized spacial score (nSPS) is 15.6. The molecular weight excluding hydrogens is 398 g/mol. The van der Waals surface area contributed by atoms with Crippen LogP contribution in [0.5, 0.6) is 0 Å². The Hall–Kier alpha value is -3.09. The molecule has 164 valence electrons. The van der Waals surface area contributed by atoms with Gasteiger partial charge in [-0.15, -0.1) is 0 Å². The Morgan fingerprint density at radius 2 is 1.84 bits per heavy atom. The van der Waals surface area contributed by atoms with Crippen LogP contribution in [-0.2, 0) is 28.9 Å². The van der Waals surface area contributed by atoms with Crippen molar-refractivity contribution in [1.82, 2.24) is 5.32 Å². The van der Waals surface area contributed by atoms with Crippen LogP contribution in [0.1, 0.15) is 55.6 Å². The summed E-state index contributed by atoms with van der Waals surface area (Å²) in [6.45, 7) is 5.43. The number of nitrogens with one attached hydrogen (secondary N) is 1. The Morgan fingerprint density at radius 3 is 2.55 bits per heavy atom. The lowest BCUT2D eigenvalue weighted by molar-refractivity contribution is -0.143. The predicted octanol–water partition coefficient (Wildman–Crippen LogP) is 3.88. The molecule has 0 saturated carbocycles. The van der Waals surface area contributed by atoms with E-state index < -0.39 is 23.5 Å². The van der Waals surface area contributed by atoms with E-state index in [0.717, 1.165) is 42.2 Å². The van der Waals surface area contributed by atoms with Gasteiger partial charge in [0.25, 0.3) is 0 Å². The van der Waals surface area contributed by atoms with Crippen LogP contribution in [0.2, 0.25) is 0 Å². The summed E-state index contributed by atoms with van der Waals surface area (Å²) in [7, 11) is 0. The molecule has 7 heteroatoms. The number of rotatable bonds is 6. The monoisotopic (exact) mass is 425 g/mol. The molecule has 0 spiro atoms. The zero-order valence-electron chi connectivity index (χ0n) is 18.0. The summed E-state index contributed by atoms with van der Waals surface area (Å²) in [6, 6.07) is 2.74. The minimum Gasteiger partial charge on any atom is -0.480 e. The van der Waals surface area contributed by atoms with Crippen LogP contribution in [-0.4, -0.2) is 23.0 Å². The van der Waals surface area contributed by atoms with E-state index in [0.29, 0.717) is 23.2 Å². The molecule has 0 fully saturated rings. The number of benzene rings is 1. The topological polar surface area (TPSA) is 110 Å². The number of amides is 1. The van der Waals surface area contributed by atoms with Crippen molar-refractivity contribution in [2.75, 3.05) is 0 Å². The SMILES string of the molecule is CC[C@@H](C)[C@@H](NC(=O)Cc1c(C)c2cc3c4c(oc3cc2oc1=O)CCCC4)C(=O)O. The van der Waals surface area contributed by atoms with E-state index in [2.05, 4.69) is 5.32 Å². The molecule has 7 nitrogen and oxygen atoms in total. The summed E-state index contributed by atoms with van der Waals surface area (Å²) >= 11 is 0. The lowest BCUT2D eigenvalue weighted by Gasteiger charge is -2.20. The lowest BCUT2D eigenvalue weighted by atomic mass is 9.94. The molecule has 31 heavy (non-hydrogen) atoms. The van der Waals surface area contributed by atoms with Gasteiger partial charge in [-0.2, -0.15) is 0 Å². The average molecular weight is 425 g/mol. The molecule has 1 aliphatic rings. The molecule has 0 saturated heterocycles. The first-order chi connectivity index (χ1) is 14.8. The van der Waals surface area contributed by atoms with E-state index in [1.54, 1.807) is 19.9 Å². The fraction of sp³-hybridized carbons (Fsp3) is 0.458. The van der Waals surface area contributed by atoms with Gasteiger partial charge in [-0.05, 0) is 43.7 Å². The predicted molar refractivity (Wildman–Crippen MR) is 116 cm³/mol. The van der Waals surface area contributed by atoms with Gasteiger partial charge in [0.2, 0.25) is 5.91 Å². The highest BCUT2D eigenvalue weighted by atomic mass is 16.4. The van der Waals surface area contributed by atoms with E-state index in [1.165, 1.54) is 5.56 Å². The van der Waals surface area contributed by atoms with E-state index in [4.69, 9.17) is 8.83 Å². The van der Waals surface area contributed by atoms with Crippen molar-refractivity contribution >= 4 is 33.8 Å². The van der Waals surface area contributed by atoms with Gasteiger partial charge in [-0.3, -0.25) is 4.79 Å². The molecule has 1 amide bonds. The molecule has 2 N–H and O–H groups in total. The molecule has 2 aromatic heterocycles. The maximum absolute atomic E-state index is 12.6. The largest absolute Gasteiger partial charge is 0.480 e. The van der Waals surface area contributed by atoms with E-state index in [1.807, 2.05) is 13.0 Å². The highest BCUT2D eigenvalue weighted by Crippen LogP contribution is 2.35. The zero-order valence-corrected chi connectivity index (χ0v) is 18.0. The summed E-state index contributed by atoms with van der Waals surface area (Å²) in [5, 5.41) is 13.8. The lowest BCUT2D eigenvalue weighted by Crippen LogP contribution is -2.45. The molecule has 3 aromatic rings. The summed E-state index contributed by atoms with van der Waals surface area (Å²) < 4.78 is 11.5. The number of carboxylic acid groups (broad SMARTS) is 1. The van der Waals surface area contributed by atoms with Gasteiger partial charge in [0.1, 0.15) is 23.0 Å². The first-order valence-corrected chi connectivity index (χ1v) is 10.8. The number of carbonyl (C=O) groups is 2. The van der Waals surface area contributed by atoms with Crippen LogP contribution >= 0.6 is 0 Å². The van der Waals surface area contributed by atoms with Crippen LogP contribution < -0.4 is 10.9 Å². The third kappa shape index (κ3) is 3.84. The molecule has 0 aliphatic heterocycles. The third-order valence-corrected chi connectivity index (χ3v) is 6.50. The van der Waals surface area contributed by atoms with Gasteiger partial charge in [0.05, 0.1) is 12.0 Å². The van der Waals surface area contributed by atoms with Gasteiger partial charge in [-0.1, -0.05) is 20.3 Å². The molecule has 4 rings (SSSR count). The molecule has 0 bridgehead atoms. The quantitative estimate of drug-likeness (QED) is 0.580. The second-order valence-electron chi connectivity index (χ2n) is 8.49. The van der Waals surface area contributed by atoms with Crippen LogP contribution in [0, 0.1) is 12.8 Å². The smallest absolute Gasteiger partial charge is 0.340 e. The Bertz CT molecular complexity index is 1230. The average Bonchev–Trinajstić information content (AvgIpc) is 3.10. The number of hydrogen-bond donors (Lipinski definition) is 2. The second kappa shape index (κ2) is 8.21. The highest BCUT2D eigenvalue weighted by Gasteiger charge is 2.26. The van der Waals surface area contributed by atoms with E-state index >= 15 is 0 Å². The van der Waals surface area contributed by atoms with Gasteiger partial charge in [-0.25, -0.2) is 9.59 Å². The number of aliphatic carboxylic acids is 1. The van der Waals surface area contributed by atoms with Crippen LogP contribution in [0.4, 0.5) is 0 Å².